The van der Waals surface area contributed by atoms with Gasteiger partial charge in [-0.15, -0.1) is 0 Å². The lowest BCUT2D eigenvalue weighted by molar-refractivity contribution is 0.0893. The molecule has 2 N–H and O–H groups in total. The van der Waals surface area contributed by atoms with Crippen molar-refractivity contribution in [2.75, 3.05) is 6.61 Å². The van der Waals surface area contributed by atoms with Gasteiger partial charge in [0.25, 0.3) is 11.5 Å². The Morgan fingerprint density at radius 2 is 2.00 bits per heavy atom. The summed E-state index contributed by atoms with van der Waals surface area (Å²) >= 11 is 0. The first kappa shape index (κ1) is 15.4. The maximum atomic E-state index is 12.2. The Balaban J connectivity index is 3.17. The van der Waals surface area contributed by atoms with Gasteiger partial charge in [0.05, 0.1) is 18.3 Å². The summed E-state index contributed by atoms with van der Waals surface area (Å²) in [6.07, 6.45) is 0. The van der Waals surface area contributed by atoms with Crippen LogP contribution in [0.25, 0.3) is 0 Å². The van der Waals surface area contributed by atoms with Crippen LogP contribution in [-0.4, -0.2) is 33.4 Å². The van der Waals surface area contributed by atoms with Crippen LogP contribution < -0.4 is 10.9 Å². The van der Waals surface area contributed by atoms with E-state index >= 15 is 0 Å². The zero-order valence-corrected chi connectivity index (χ0v) is 12.0. The summed E-state index contributed by atoms with van der Waals surface area (Å²) in [6.45, 7) is 7.07. The van der Waals surface area contributed by atoms with E-state index in [1.165, 1.54) is 7.05 Å². The Morgan fingerprint density at radius 3 is 2.47 bits per heavy atom. The summed E-state index contributed by atoms with van der Waals surface area (Å²) in [5.74, 6) is -0.377. The second kappa shape index (κ2) is 5.97. The SMILES string of the molecule is Cc1nn(C)c(=O)c(C(=O)N[C@H](CO)C(C)C)c1C. The first-order chi connectivity index (χ1) is 8.79. The molecule has 0 bridgehead atoms. The number of amides is 1. The predicted octanol–water partition coefficient (Wildman–Crippen LogP) is 0.144. The second-order valence-electron chi connectivity index (χ2n) is 5.02. The maximum absolute atomic E-state index is 12.2. The number of aliphatic hydroxyl groups excluding tert-OH is 1. The monoisotopic (exact) mass is 267 g/mol. The highest BCUT2D eigenvalue weighted by Gasteiger charge is 2.21. The summed E-state index contributed by atoms with van der Waals surface area (Å²) in [7, 11) is 1.51. The van der Waals surface area contributed by atoms with Crippen LogP contribution in [0.1, 0.15) is 35.5 Å². The molecule has 0 radical (unpaired) electrons. The topological polar surface area (TPSA) is 84.2 Å². The number of aliphatic hydroxyl groups is 1. The molecule has 6 nitrogen and oxygen atoms in total. The highest BCUT2D eigenvalue weighted by Crippen LogP contribution is 2.07. The summed E-state index contributed by atoms with van der Waals surface area (Å²) in [5.41, 5.74) is 0.869. The van der Waals surface area contributed by atoms with Crippen LogP contribution in [0.15, 0.2) is 4.79 Å². The number of carbonyl (C=O) groups is 1. The van der Waals surface area contributed by atoms with Crippen LogP contribution in [0, 0.1) is 19.8 Å². The minimum Gasteiger partial charge on any atom is -0.394 e. The van der Waals surface area contributed by atoms with Crippen LogP contribution in [0.3, 0.4) is 0 Å². The zero-order chi connectivity index (χ0) is 14.7. The average Bonchev–Trinajstić information content (AvgIpc) is 2.33. The van der Waals surface area contributed by atoms with E-state index in [9.17, 15) is 14.7 Å². The summed E-state index contributed by atoms with van der Waals surface area (Å²) in [6, 6.07) is -0.370. The third-order valence-electron chi connectivity index (χ3n) is 3.27. The van der Waals surface area contributed by atoms with Crippen molar-refractivity contribution in [2.45, 2.75) is 33.7 Å². The van der Waals surface area contributed by atoms with Crippen LogP contribution >= 0.6 is 0 Å². The van der Waals surface area contributed by atoms with E-state index in [2.05, 4.69) is 10.4 Å². The van der Waals surface area contributed by atoms with E-state index in [4.69, 9.17) is 0 Å². The van der Waals surface area contributed by atoms with Gasteiger partial charge >= 0.3 is 0 Å². The quantitative estimate of drug-likeness (QED) is 0.813. The van der Waals surface area contributed by atoms with Gasteiger partial charge in [-0.3, -0.25) is 9.59 Å². The normalized spacial score (nSPS) is 12.6. The number of carbonyl (C=O) groups excluding carboxylic acids is 1. The van der Waals surface area contributed by atoms with E-state index in [1.54, 1.807) is 13.8 Å². The zero-order valence-electron chi connectivity index (χ0n) is 12.0. The number of hydrogen-bond donors (Lipinski definition) is 2. The Labute approximate surface area is 112 Å². The third-order valence-corrected chi connectivity index (χ3v) is 3.27. The number of hydrogen-bond acceptors (Lipinski definition) is 4. The molecule has 0 aliphatic carbocycles. The number of rotatable bonds is 4. The lowest BCUT2D eigenvalue weighted by Crippen LogP contribution is -2.44. The molecule has 106 valence electrons. The van der Waals surface area contributed by atoms with Crippen molar-refractivity contribution in [3.63, 3.8) is 0 Å². The fraction of sp³-hybridized carbons (Fsp3) is 0.615. The molecule has 1 heterocycles. The number of nitrogens with one attached hydrogen (secondary N) is 1. The minimum absolute atomic E-state index is 0.0843. The molecule has 6 heteroatoms. The molecule has 0 aliphatic rings. The van der Waals surface area contributed by atoms with Crippen LogP contribution in [0.2, 0.25) is 0 Å². The Kier molecular flexibility index (Phi) is 4.83. The fourth-order valence-corrected chi connectivity index (χ4v) is 1.78. The summed E-state index contributed by atoms with van der Waals surface area (Å²) in [4.78, 5) is 24.2. The largest absolute Gasteiger partial charge is 0.394 e. The molecule has 0 saturated carbocycles. The molecule has 1 atom stereocenters. The molecule has 19 heavy (non-hydrogen) atoms. The van der Waals surface area contributed by atoms with Crippen molar-refractivity contribution in [1.29, 1.82) is 0 Å². The van der Waals surface area contributed by atoms with Gasteiger partial charge in [-0.2, -0.15) is 5.10 Å². The molecular weight excluding hydrogens is 246 g/mol. The number of aromatic nitrogens is 2. The van der Waals surface area contributed by atoms with Crippen LogP contribution in [-0.2, 0) is 7.05 Å². The second-order valence-corrected chi connectivity index (χ2v) is 5.02. The standard InChI is InChI=1S/C13H21N3O3/c1-7(2)10(6-17)14-12(18)11-8(3)9(4)15-16(5)13(11)19/h7,10,17H,6H2,1-5H3,(H,14,18)/t10-/m1/s1. The lowest BCUT2D eigenvalue weighted by Gasteiger charge is -2.20. The average molecular weight is 267 g/mol. The molecule has 0 fully saturated rings. The van der Waals surface area contributed by atoms with Crippen molar-refractivity contribution >= 4 is 5.91 Å². The maximum Gasteiger partial charge on any atom is 0.279 e. The molecule has 0 saturated heterocycles. The van der Waals surface area contributed by atoms with Crippen molar-refractivity contribution in [3.8, 4) is 0 Å². The molecule has 0 aliphatic heterocycles. The van der Waals surface area contributed by atoms with Crippen molar-refractivity contribution in [1.82, 2.24) is 15.1 Å². The molecule has 1 amide bonds. The fourth-order valence-electron chi connectivity index (χ4n) is 1.78. The molecule has 0 unspecified atom stereocenters. The van der Waals surface area contributed by atoms with E-state index < -0.39 is 11.5 Å². The van der Waals surface area contributed by atoms with E-state index in [1.807, 2.05) is 13.8 Å². The Morgan fingerprint density at radius 1 is 1.42 bits per heavy atom. The third kappa shape index (κ3) is 3.20. The van der Waals surface area contributed by atoms with Gasteiger partial charge in [0.1, 0.15) is 5.56 Å². The van der Waals surface area contributed by atoms with E-state index in [-0.39, 0.29) is 24.1 Å². The van der Waals surface area contributed by atoms with Gasteiger partial charge < -0.3 is 10.4 Å². The summed E-state index contributed by atoms with van der Waals surface area (Å²) in [5, 5.41) is 15.9. The molecular formula is C13H21N3O3. The van der Waals surface area contributed by atoms with Gasteiger partial charge in [-0.1, -0.05) is 13.8 Å². The van der Waals surface area contributed by atoms with Gasteiger partial charge in [0.15, 0.2) is 0 Å². The predicted molar refractivity (Wildman–Crippen MR) is 72.1 cm³/mol. The molecule has 0 aromatic carbocycles. The number of aryl methyl sites for hydroxylation is 2. The van der Waals surface area contributed by atoms with Gasteiger partial charge in [0.2, 0.25) is 0 Å². The Hall–Kier alpha value is -1.69. The molecule has 1 aromatic heterocycles. The first-order valence-corrected chi connectivity index (χ1v) is 6.25. The van der Waals surface area contributed by atoms with Gasteiger partial charge in [-0.05, 0) is 25.3 Å². The number of nitrogens with zero attached hydrogens (tertiary/aromatic N) is 2. The van der Waals surface area contributed by atoms with Crippen LogP contribution in [0.5, 0.6) is 0 Å². The summed E-state index contributed by atoms with van der Waals surface area (Å²) < 4.78 is 1.15. The van der Waals surface area contributed by atoms with Crippen molar-refractivity contribution < 1.29 is 9.90 Å². The van der Waals surface area contributed by atoms with Gasteiger partial charge in [0, 0.05) is 7.05 Å². The molecule has 1 rings (SSSR count). The molecule has 0 spiro atoms. The van der Waals surface area contributed by atoms with E-state index in [0.717, 1.165) is 4.68 Å². The van der Waals surface area contributed by atoms with Crippen LogP contribution in [0.4, 0.5) is 0 Å². The first-order valence-electron chi connectivity index (χ1n) is 6.25. The van der Waals surface area contributed by atoms with Crippen molar-refractivity contribution in [2.24, 2.45) is 13.0 Å². The highest BCUT2D eigenvalue weighted by molar-refractivity contribution is 5.95. The minimum atomic E-state index is -0.462. The highest BCUT2D eigenvalue weighted by atomic mass is 16.3. The molecule has 1 aromatic rings. The van der Waals surface area contributed by atoms with Gasteiger partial charge in [-0.25, -0.2) is 4.68 Å². The van der Waals surface area contributed by atoms with Crippen molar-refractivity contribution in [3.05, 3.63) is 27.2 Å². The lowest BCUT2D eigenvalue weighted by atomic mass is 10.0. The van der Waals surface area contributed by atoms with E-state index in [0.29, 0.717) is 11.3 Å². The smallest absolute Gasteiger partial charge is 0.279 e. The Bertz CT molecular complexity index is 535.